The highest BCUT2D eigenvalue weighted by Crippen LogP contribution is 2.20. The second kappa shape index (κ2) is 5.90. The first-order valence-electron chi connectivity index (χ1n) is 6.57. The summed E-state index contributed by atoms with van der Waals surface area (Å²) in [5.74, 6) is 0.437. The van der Waals surface area contributed by atoms with Crippen molar-refractivity contribution in [2.24, 2.45) is 11.7 Å². The lowest BCUT2D eigenvalue weighted by atomic mass is 10.1. The molecule has 6 nitrogen and oxygen atoms in total. The normalized spacial score (nSPS) is 14.0. The summed E-state index contributed by atoms with van der Waals surface area (Å²) in [5.41, 5.74) is 6.46. The molecule has 0 aromatic carbocycles. The fraction of sp³-hybridized carbons (Fsp3) is 0.462. The summed E-state index contributed by atoms with van der Waals surface area (Å²) in [5, 5.41) is 0.581. The van der Waals surface area contributed by atoms with E-state index in [4.69, 9.17) is 5.73 Å². The highest BCUT2D eigenvalue weighted by Gasteiger charge is 2.20. The second-order valence-electron chi connectivity index (χ2n) is 5.29. The zero-order valence-electron chi connectivity index (χ0n) is 11.6. The van der Waals surface area contributed by atoms with Crippen molar-refractivity contribution in [1.29, 1.82) is 0 Å². The van der Waals surface area contributed by atoms with Gasteiger partial charge in [0, 0.05) is 30.4 Å². The molecule has 0 spiro atoms. The first kappa shape index (κ1) is 15.0. The van der Waals surface area contributed by atoms with Gasteiger partial charge in [-0.3, -0.25) is 0 Å². The van der Waals surface area contributed by atoms with Gasteiger partial charge in [-0.15, -0.1) is 0 Å². The smallest absolute Gasteiger partial charge is 0.242 e. The standard InChI is InChI=1S/C13H20N4O2S/c1-9(2)6-10(14)7-17-20(18,19)12-8-16-13-11(12)4-3-5-15-13/h3-5,8-10,17H,6-7,14H2,1-2H3,(H,15,16). The maximum atomic E-state index is 12.3. The fourth-order valence-electron chi connectivity index (χ4n) is 2.14. The number of H-pyrrole nitrogens is 1. The van der Waals surface area contributed by atoms with Gasteiger partial charge in [0.2, 0.25) is 10.0 Å². The Morgan fingerprint density at radius 1 is 1.45 bits per heavy atom. The summed E-state index contributed by atoms with van der Waals surface area (Å²) in [6.07, 6.45) is 3.84. The number of hydrogen-bond acceptors (Lipinski definition) is 4. The number of nitrogens with two attached hydrogens (primary N) is 1. The van der Waals surface area contributed by atoms with Gasteiger partial charge >= 0.3 is 0 Å². The number of hydrogen-bond donors (Lipinski definition) is 3. The minimum absolute atomic E-state index is 0.187. The topological polar surface area (TPSA) is 101 Å². The summed E-state index contributed by atoms with van der Waals surface area (Å²) in [7, 11) is -3.58. The molecule has 20 heavy (non-hydrogen) atoms. The van der Waals surface area contributed by atoms with E-state index in [2.05, 4.69) is 28.5 Å². The second-order valence-corrected chi connectivity index (χ2v) is 7.03. The largest absolute Gasteiger partial charge is 0.345 e. The quantitative estimate of drug-likeness (QED) is 0.746. The lowest BCUT2D eigenvalue weighted by Crippen LogP contribution is -2.37. The first-order chi connectivity index (χ1) is 9.40. The minimum Gasteiger partial charge on any atom is -0.345 e. The number of rotatable bonds is 6. The molecule has 0 fully saturated rings. The van der Waals surface area contributed by atoms with Crippen LogP contribution in [0.3, 0.4) is 0 Å². The van der Waals surface area contributed by atoms with Crippen molar-refractivity contribution in [1.82, 2.24) is 14.7 Å². The summed E-state index contributed by atoms with van der Waals surface area (Å²) < 4.78 is 27.1. The van der Waals surface area contributed by atoms with Gasteiger partial charge < -0.3 is 10.7 Å². The molecule has 0 bridgehead atoms. The Kier molecular flexibility index (Phi) is 4.42. The number of aromatic amines is 1. The van der Waals surface area contributed by atoms with E-state index in [1.807, 2.05) is 0 Å². The Balaban J connectivity index is 2.15. The number of nitrogens with one attached hydrogen (secondary N) is 2. The van der Waals surface area contributed by atoms with Crippen LogP contribution in [0.15, 0.2) is 29.4 Å². The third-order valence-electron chi connectivity index (χ3n) is 3.01. The van der Waals surface area contributed by atoms with E-state index in [0.29, 0.717) is 17.0 Å². The molecule has 2 heterocycles. The molecule has 0 saturated heterocycles. The number of sulfonamides is 1. The molecular formula is C13H20N4O2S. The molecule has 1 atom stereocenters. The SMILES string of the molecule is CC(C)CC(N)CNS(=O)(=O)c1c[nH]c2ncccc12. The highest BCUT2D eigenvalue weighted by molar-refractivity contribution is 7.89. The molecule has 0 amide bonds. The Hall–Kier alpha value is -1.44. The van der Waals surface area contributed by atoms with Crippen LogP contribution >= 0.6 is 0 Å². The molecule has 0 aliphatic carbocycles. The van der Waals surface area contributed by atoms with Crippen molar-refractivity contribution < 1.29 is 8.42 Å². The zero-order chi connectivity index (χ0) is 14.8. The molecular weight excluding hydrogens is 276 g/mol. The van der Waals surface area contributed by atoms with Gasteiger partial charge in [-0.1, -0.05) is 13.8 Å². The van der Waals surface area contributed by atoms with Crippen LogP contribution < -0.4 is 10.5 Å². The van der Waals surface area contributed by atoms with Crippen molar-refractivity contribution in [2.45, 2.75) is 31.2 Å². The van der Waals surface area contributed by atoms with Crippen molar-refractivity contribution in [3.05, 3.63) is 24.5 Å². The highest BCUT2D eigenvalue weighted by atomic mass is 32.2. The molecule has 110 valence electrons. The van der Waals surface area contributed by atoms with E-state index >= 15 is 0 Å². The van der Waals surface area contributed by atoms with Crippen molar-refractivity contribution in [3.8, 4) is 0 Å². The van der Waals surface area contributed by atoms with Crippen LogP contribution in [0.1, 0.15) is 20.3 Å². The van der Waals surface area contributed by atoms with Crippen LogP contribution in [0.2, 0.25) is 0 Å². The minimum atomic E-state index is -3.58. The van der Waals surface area contributed by atoms with E-state index in [1.54, 1.807) is 18.3 Å². The number of aromatic nitrogens is 2. The van der Waals surface area contributed by atoms with Gasteiger partial charge in [0.25, 0.3) is 0 Å². The van der Waals surface area contributed by atoms with Gasteiger partial charge in [0.05, 0.1) is 0 Å². The van der Waals surface area contributed by atoms with Crippen LogP contribution in [-0.2, 0) is 10.0 Å². The Morgan fingerprint density at radius 2 is 2.20 bits per heavy atom. The Morgan fingerprint density at radius 3 is 2.90 bits per heavy atom. The molecule has 2 aromatic heterocycles. The van der Waals surface area contributed by atoms with Crippen LogP contribution in [0.5, 0.6) is 0 Å². The molecule has 2 aromatic rings. The lowest BCUT2D eigenvalue weighted by Gasteiger charge is -2.14. The van der Waals surface area contributed by atoms with Gasteiger partial charge in [0.15, 0.2) is 0 Å². The fourth-order valence-corrected chi connectivity index (χ4v) is 3.39. The van der Waals surface area contributed by atoms with E-state index in [9.17, 15) is 8.42 Å². The Labute approximate surface area is 118 Å². The average molecular weight is 296 g/mol. The van der Waals surface area contributed by atoms with Gasteiger partial charge in [-0.25, -0.2) is 18.1 Å². The van der Waals surface area contributed by atoms with Gasteiger partial charge in [-0.05, 0) is 24.5 Å². The predicted molar refractivity (Wildman–Crippen MR) is 78.7 cm³/mol. The van der Waals surface area contributed by atoms with E-state index in [0.717, 1.165) is 6.42 Å². The van der Waals surface area contributed by atoms with Gasteiger partial charge in [0.1, 0.15) is 10.5 Å². The van der Waals surface area contributed by atoms with E-state index in [1.165, 1.54) is 6.20 Å². The maximum absolute atomic E-state index is 12.3. The third-order valence-corrected chi connectivity index (χ3v) is 4.48. The first-order valence-corrected chi connectivity index (χ1v) is 8.06. The molecule has 0 saturated carbocycles. The molecule has 4 N–H and O–H groups in total. The molecule has 0 aliphatic heterocycles. The van der Waals surface area contributed by atoms with E-state index in [-0.39, 0.29) is 17.5 Å². The summed E-state index contributed by atoms with van der Waals surface area (Å²) >= 11 is 0. The van der Waals surface area contributed by atoms with Crippen molar-refractivity contribution in [3.63, 3.8) is 0 Å². The molecule has 7 heteroatoms. The molecule has 2 rings (SSSR count). The van der Waals surface area contributed by atoms with Crippen LogP contribution in [0.4, 0.5) is 0 Å². The maximum Gasteiger partial charge on any atom is 0.242 e. The monoisotopic (exact) mass is 296 g/mol. The summed E-state index contributed by atoms with van der Waals surface area (Å²) in [4.78, 5) is 7.14. The lowest BCUT2D eigenvalue weighted by molar-refractivity contribution is 0.486. The van der Waals surface area contributed by atoms with Crippen molar-refractivity contribution >= 4 is 21.1 Å². The van der Waals surface area contributed by atoms with Crippen molar-refractivity contribution in [2.75, 3.05) is 6.54 Å². The summed E-state index contributed by atoms with van der Waals surface area (Å²) in [6.45, 7) is 4.34. The van der Waals surface area contributed by atoms with Crippen LogP contribution in [0, 0.1) is 5.92 Å². The molecule has 0 aliphatic rings. The predicted octanol–water partition coefficient (Wildman–Crippen LogP) is 1.21. The molecule has 0 radical (unpaired) electrons. The number of nitrogens with zero attached hydrogens (tertiary/aromatic N) is 1. The number of fused-ring (bicyclic) bond motifs is 1. The van der Waals surface area contributed by atoms with E-state index < -0.39 is 10.0 Å². The Bertz CT molecular complexity index is 678. The third kappa shape index (κ3) is 3.36. The average Bonchev–Trinajstić information content (AvgIpc) is 2.80. The number of pyridine rings is 1. The molecule has 1 unspecified atom stereocenters. The van der Waals surface area contributed by atoms with Crippen LogP contribution in [-0.4, -0.2) is 31.0 Å². The summed E-state index contributed by atoms with van der Waals surface area (Å²) in [6, 6.07) is 3.24. The van der Waals surface area contributed by atoms with Gasteiger partial charge in [-0.2, -0.15) is 0 Å². The van der Waals surface area contributed by atoms with Crippen LogP contribution in [0.25, 0.3) is 11.0 Å². The zero-order valence-corrected chi connectivity index (χ0v) is 12.4.